The van der Waals surface area contributed by atoms with Gasteiger partial charge in [0.25, 0.3) is 0 Å². The number of fused-ring (bicyclic) bond motifs is 2. The Bertz CT molecular complexity index is 1120. The highest BCUT2D eigenvalue weighted by Gasteiger charge is 2.54. The van der Waals surface area contributed by atoms with Gasteiger partial charge < -0.3 is 15.2 Å². The molecule has 5 nitrogen and oxygen atoms in total. The molecule has 1 aliphatic heterocycles. The van der Waals surface area contributed by atoms with Crippen LogP contribution in [0.2, 0.25) is 0 Å². The third kappa shape index (κ3) is 6.22. The topological polar surface area (TPSA) is 75.6 Å². The number of amides is 1. The van der Waals surface area contributed by atoms with Crippen molar-refractivity contribution in [1.29, 1.82) is 0 Å². The van der Waals surface area contributed by atoms with Crippen molar-refractivity contribution < 1.29 is 25.2 Å². The first-order chi connectivity index (χ1) is 18.2. The van der Waals surface area contributed by atoms with Crippen LogP contribution in [0.4, 0.5) is 9.18 Å². The van der Waals surface area contributed by atoms with E-state index in [0.29, 0.717) is 11.8 Å². The van der Waals surface area contributed by atoms with E-state index >= 15 is 0 Å². The molecule has 5 rings (SSSR count). The van der Waals surface area contributed by atoms with E-state index in [4.69, 9.17) is 9.84 Å². The highest BCUT2D eigenvalue weighted by atomic mass is 19.1. The summed E-state index contributed by atoms with van der Waals surface area (Å²) < 4.78 is 19.4. The minimum absolute atomic E-state index is 0. The molecule has 4 aliphatic rings. The molecule has 0 spiro atoms. The number of carbonyl (C=O) groups is 2. The maximum absolute atomic E-state index is 13.7. The predicted octanol–water partition coefficient (Wildman–Crippen LogP) is 7.64. The number of hydrogen-bond acceptors (Lipinski definition) is 3. The van der Waals surface area contributed by atoms with Crippen molar-refractivity contribution in [3.05, 3.63) is 65.5 Å². The predicted molar refractivity (Wildman–Crippen MR) is 150 cm³/mol. The van der Waals surface area contributed by atoms with Crippen molar-refractivity contribution in [3.63, 3.8) is 0 Å². The first-order valence-corrected chi connectivity index (χ1v) is 14.3. The van der Waals surface area contributed by atoms with E-state index in [1.807, 2.05) is 13.0 Å². The zero-order valence-electron chi connectivity index (χ0n) is 23.0. The Morgan fingerprint density at radius 1 is 1.21 bits per heavy atom. The van der Waals surface area contributed by atoms with Gasteiger partial charge in [-0.3, -0.25) is 4.79 Å². The molecule has 2 saturated carbocycles. The fraction of sp³-hybridized carbons (Fsp3) is 0.562. The van der Waals surface area contributed by atoms with Gasteiger partial charge >= 0.3 is 12.1 Å². The molecule has 8 atom stereocenters. The summed E-state index contributed by atoms with van der Waals surface area (Å²) >= 11 is 0. The van der Waals surface area contributed by atoms with Gasteiger partial charge in [0.1, 0.15) is 11.9 Å². The molecule has 2 N–H and O–H groups in total. The maximum atomic E-state index is 13.7. The van der Waals surface area contributed by atoms with Crippen LogP contribution in [0.15, 0.2) is 54.1 Å². The third-order valence-electron chi connectivity index (χ3n) is 8.72. The molecule has 1 aromatic rings. The summed E-state index contributed by atoms with van der Waals surface area (Å²) in [6.07, 6.45) is 13.2. The minimum atomic E-state index is -0.975. The van der Waals surface area contributed by atoms with Gasteiger partial charge in [0.15, 0.2) is 0 Å². The molecule has 38 heavy (non-hydrogen) atoms. The second-order valence-electron chi connectivity index (χ2n) is 11.6. The summed E-state index contributed by atoms with van der Waals surface area (Å²) in [5, 5.41) is 11.8. The fourth-order valence-corrected chi connectivity index (χ4v) is 7.22. The van der Waals surface area contributed by atoms with Gasteiger partial charge in [-0.05, 0) is 91.5 Å². The van der Waals surface area contributed by atoms with E-state index in [9.17, 15) is 14.0 Å². The molecule has 1 saturated heterocycles. The molecule has 0 bridgehead atoms. The molecule has 6 heteroatoms. The summed E-state index contributed by atoms with van der Waals surface area (Å²) in [6, 6.07) is 6.72. The molecule has 0 radical (unpaired) electrons. The standard InChI is InChI=1S/C29H34FNO4.C3H8.H2/c1-16-12-18(6-9-23(16)19-4-3-5-21(30)13-19)7-10-25-24-11-8-22(31-29(33)34)14-20(24)15-26-27(25)17(2)35-28(26)32;1-3-2;/h3-7,9-10,13,16-17,20,22,24-27,31H,8,11-12,14-15H2,1-2H3,(H,33,34);3H2,1-2H3;1H/b10-7+;;/t16?,17-,20-,22+,24+,25-,26+,27+;;/m0../s1. The minimum Gasteiger partial charge on any atom is -0.465 e. The van der Waals surface area contributed by atoms with Crippen LogP contribution in [0.1, 0.15) is 73.2 Å². The molecule has 1 unspecified atom stereocenters. The van der Waals surface area contributed by atoms with Gasteiger partial charge in [0.05, 0.1) is 5.92 Å². The van der Waals surface area contributed by atoms with Crippen molar-refractivity contribution in [2.24, 2.45) is 35.5 Å². The van der Waals surface area contributed by atoms with E-state index < -0.39 is 6.09 Å². The van der Waals surface area contributed by atoms with Crippen LogP contribution in [0, 0.1) is 41.3 Å². The first kappa shape index (κ1) is 28.1. The summed E-state index contributed by atoms with van der Waals surface area (Å²) in [5.41, 5.74) is 3.31. The number of nitrogens with one attached hydrogen (secondary N) is 1. The SMILES string of the molecule is CC1CC(/C=C/[C@H]2[C@@H]3CC[C@@H](NC(=O)O)C[C@H]3C[C@H]3C(=O)O[C@@H](C)[C@H]23)=CC=C1c1cccc(F)c1.CCC.[HH]. The Morgan fingerprint density at radius 2 is 1.97 bits per heavy atom. The monoisotopic (exact) mass is 525 g/mol. The van der Waals surface area contributed by atoms with E-state index in [-0.39, 0.29) is 49.0 Å². The molecule has 0 aromatic heterocycles. The number of halogens is 1. The number of rotatable bonds is 4. The van der Waals surface area contributed by atoms with Crippen LogP contribution < -0.4 is 5.32 Å². The molecular formula is C32H44FNO4. The van der Waals surface area contributed by atoms with Crippen molar-refractivity contribution in [2.75, 3.05) is 0 Å². The molecular weight excluding hydrogens is 481 g/mol. The van der Waals surface area contributed by atoms with Crippen molar-refractivity contribution in [3.8, 4) is 0 Å². The molecule has 1 amide bonds. The molecule has 208 valence electrons. The molecule has 3 aliphatic carbocycles. The van der Waals surface area contributed by atoms with Gasteiger partial charge in [-0.2, -0.15) is 0 Å². The first-order valence-electron chi connectivity index (χ1n) is 14.3. The van der Waals surface area contributed by atoms with Crippen LogP contribution in [-0.2, 0) is 9.53 Å². The van der Waals surface area contributed by atoms with Gasteiger partial charge in [-0.15, -0.1) is 0 Å². The maximum Gasteiger partial charge on any atom is 0.404 e. The van der Waals surface area contributed by atoms with Crippen LogP contribution in [0.25, 0.3) is 5.57 Å². The lowest BCUT2D eigenvalue weighted by atomic mass is 9.57. The molecule has 3 fully saturated rings. The zero-order chi connectivity index (χ0) is 27.4. The number of carboxylic acid groups (broad SMARTS) is 1. The second-order valence-corrected chi connectivity index (χ2v) is 11.6. The van der Waals surface area contributed by atoms with Crippen LogP contribution in [-0.4, -0.2) is 29.3 Å². The van der Waals surface area contributed by atoms with Crippen LogP contribution >= 0.6 is 0 Å². The largest absolute Gasteiger partial charge is 0.465 e. The Balaban J connectivity index is 0.00000101. The van der Waals surface area contributed by atoms with Crippen molar-refractivity contribution in [2.45, 2.75) is 78.4 Å². The Morgan fingerprint density at radius 3 is 2.66 bits per heavy atom. The molecule has 1 aromatic carbocycles. The van der Waals surface area contributed by atoms with Gasteiger partial charge in [-0.1, -0.05) is 63.6 Å². The number of allylic oxidation sites excluding steroid dienone is 6. The number of carbonyl (C=O) groups excluding carboxylic acids is 1. The second kappa shape index (κ2) is 12.3. The Labute approximate surface area is 227 Å². The molecule has 1 heterocycles. The highest BCUT2D eigenvalue weighted by molar-refractivity contribution is 5.75. The average Bonchev–Trinajstić information content (AvgIpc) is 3.14. The summed E-state index contributed by atoms with van der Waals surface area (Å²) in [6.45, 7) is 8.43. The van der Waals surface area contributed by atoms with Crippen molar-refractivity contribution in [1.82, 2.24) is 5.32 Å². The van der Waals surface area contributed by atoms with E-state index in [1.54, 1.807) is 12.1 Å². The number of esters is 1. The fourth-order valence-electron chi connectivity index (χ4n) is 7.22. The van der Waals surface area contributed by atoms with E-state index in [1.165, 1.54) is 18.1 Å². The van der Waals surface area contributed by atoms with Gasteiger partial charge in [0.2, 0.25) is 0 Å². The number of hydrogen-bond donors (Lipinski definition) is 2. The van der Waals surface area contributed by atoms with E-state index in [2.05, 4.69) is 50.4 Å². The lowest BCUT2D eigenvalue weighted by molar-refractivity contribution is -0.144. The Hall–Kier alpha value is -2.89. The number of benzene rings is 1. The quantitative estimate of drug-likeness (QED) is 0.396. The number of cyclic esters (lactones) is 1. The summed E-state index contributed by atoms with van der Waals surface area (Å²) in [4.78, 5) is 23.8. The summed E-state index contributed by atoms with van der Waals surface area (Å²) in [7, 11) is 0. The van der Waals surface area contributed by atoms with E-state index in [0.717, 1.165) is 43.2 Å². The smallest absolute Gasteiger partial charge is 0.404 e. The third-order valence-corrected chi connectivity index (χ3v) is 8.72. The zero-order valence-corrected chi connectivity index (χ0v) is 23.0. The highest BCUT2D eigenvalue weighted by Crippen LogP contribution is 2.53. The van der Waals surface area contributed by atoms with Crippen LogP contribution in [0.3, 0.4) is 0 Å². The lowest BCUT2D eigenvalue weighted by Crippen LogP contribution is -2.48. The summed E-state index contributed by atoms with van der Waals surface area (Å²) in [5.74, 6) is 0.997. The lowest BCUT2D eigenvalue weighted by Gasteiger charge is -2.47. The average molecular weight is 526 g/mol. The number of ether oxygens (including phenoxy) is 1. The van der Waals surface area contributed by atoms with Gasteiger partial charge in [-0.25, -0.2) is 9.18 Å². The van der Waals surface area contributed by atoms with Crippen LogP contribution in [0.5, 0.6) is 0 Å². The van der Waals surface area contributed by atoms with Crippen molar-refractivity contribution >= 4 is 17.6 Å². The normalized spacial score (nSPS) is 34.2. The Kier molecular flexibility index (Phi) is 9.11. The van der Waals surface area contributed by atoms with Gasteiger partial charge in [0, 0.05) is 13.4 Å².